The smallest absolute Gasteiger partial charge is 0.376 e. The maximum absolute atomic E-state index is 12.2. The molecule has 0 unspecified atom stereocenters. The molecule has 0 saturated heterocycles. The van der Waals surface area contributed by atoms with Gasteiger partial charge in [0.25, 0.3) is 0 Å². The van der Waals surface area contributed by atoms with Crippen LogP contribution in [0.1, 0.15) is 65.1 Å². The molecule has 0 aliphatic heterocycles. The first-order valence-electron chi connectivity index (χ1n) is 9.51. The van der Waals surface area contributed by atoms with Crippen LogP contribution in [0.15, 0.2) is 12.3 Å². The van der Waals surface area contributed by atoms with Crippen molar-refractivity contribution in [3.63, 3.8) is 0 Å². The van der Waals surface area contributed by atoms with Gasteiger partial charge in [0.05, 0.1) is 6.10 Å². The fraction of sp³-hybridized carbons (Fsp3) is 0.476. The Morgan fingerprint density at radius 3 is 2.38 bits per heavy atom. The van der Waals surface area contributed by atoms with Crippen LogP contribution < -0.4 is 5.32 Å². The summed E-state index contributed by atoms with van der Waals surface area (Å²) in [6, 6.07) is 2.41. The number of hydrogen-bond acceptors (Lipinski definition) is 5. The highest BCUT2D eigenvalue weighted by molar-refractivity contribution is 5.86. The summed E-state index contributed by atoms with van der Waals surface area (Å²) in [5, 5.41) is 3.56. The second-order valence-electron chi connectivity index (χ2n) is 7.54. The van der Waals surface area contributed by atoms with Gasteiger partial charge in [0.1, 0.15) is 5.82 Å². The fourth-order valence-corrected chi connectivity index (χ4v) is 4.02. The van der Waals surface area contributed by atoms with E-state index in [0.29, 0.717) is 5.82 Å². The first-order chi connectivity index (χ1) is 12.5. The van der Waals surface area contributed by atoms with E-state index in [1.165, 1.54) is 40.8 Å². The lowest BCUT2D eigenvalue weighted by Gasteiger charge is -2.18. The topological polar surface area (TPSA) is 64.1 Å². The van der Waals surface area contributed by atoms with E-state index in [1.54, 1.807) is 6.20 Å². The van der Waals surface area contributed by atoms with Gasteiger partial charge in [-0.2, -0.15) is 0 Å². The molecule has 2 aromatic rings. The van der Waals surface area contributed by atoms with Crippen LogP contribution in [0.2, 0.25) is 0 Å². The standard InChI is InChI=1S/C21H25N3O2/c1-12(2)26-21(25)20-22-11-13(3)19(24-20)23-18-16-8-4-6-14(16)10-15-7-5-9-17(15)18/h10-12H,4-9H2,1-3H3,(H,22,23,24). The van der Waals surface area contributed by atoms with Gasteiger partial charge in [0, 0.05) is 17.4 Å². The first kappa shape index (κ1) is 17.0. The summed E-state index contributed by atoms with van der Waals surface area (Å²) in [5.41, 5.74) is 7.94. The van der Waals surface area contributed by atoms with Crippen LogP contribution in [0.5, 0.6) is 0 Å². The zero-order valence-corrected chi connectivity index (χ0v) is 15.7. The molecule has 1 aromatic heterocycles. The van der Waals surface area contributed by atoms with E-state index in [4.69, 9.17) is 4.74 Å². The number of aromatic nitrogens is 2. The molecule has 136 valence electrons. The molecule has 0 saturated carbocycles. The van der Waals surface area contributed by atoms with E-state index >= 15 is 0 Å². The van der Waals surface area contributed by atoms with E-state index < -0.39 is 5.97 Å². The van der Waals surface area contributed by atoms with E-state index in [-0.39, 0.29) is 11.9 Å². The number of benzene rings is 1. The number of nitrogens with zero attached hydrogens (tertiary/aromatic N) is 2. The van der Waals surface area contributed by atoms with E-state index in [0.717, 1.165) is 31.2 Å². The van der Waals surface area contributed by atoms with Gasteiger partial charge < -0.3 is 10.1 Å². The molecule has 1 N–H and O–H groups in total. The van der Waals surface area contributed by atoms with Crippen LogP contribution in [-0.2, 0) is 30.4 Å². The van der Waals surface area contributed by atoms with Crippen molar-refractivity contribution in [2.75, 3.05) is 5.32 Å². The number of aryl methyl sites for hydroxylation is 3. The fourth-order valence-electron chi connectivity index (χ4n) is 4.02. The van der Waals surface area contributed by atoms with Crippen LogP contribution in [0.3, 0.4) is 0 Å². The highest BCUT2D eigenvalue weighted by Gasteiger charge is 2.25. The largest absolute Gasteiger partial charge is 0.457 e. The number of rotatable bonds is 4. The van der Waals surface area contributed by atoms with Crippen molar-refractivity contribution in [3.05, 3.63) is 45.9 Å². The molecule has 4 rings (SSSR count). The van der Waals surface area contributed by atoms with Gasteiger partial charge >= 0.3 is 5.97 Å². The monoisotopic (exact) mass is 351 g/mol. The third-order valence-electron chi connectivity index (χ3n) is 5.21. The molecule has 0 amide bonds. The molecule has 5 nitrogen and oxygen atoms in total. The van der Waals surface area contributed by atoms with Crippen molar-refractivity contribution in [3.8, 4) is 0 Å². The predicted molar refractivity (Wildman–Crippen MR) is 101 cm³/mol. The number of nitrogens with one attached hydrogen (secondary N) is 1. The summed E-state index contributed by atoms with van der Waals surface area (Å²) in [6.45, 7) is 5.60. The maximum Gasteiger partial charge on any atom is 0.376 e. The molecule has 0 radical (unpaired) electrons. The Bertz CT molecular complexity index is 842. The van der Waals surface area contributed by atoms with Gasteiger partial charge in [0.15, 0.2) is 0 Å². The summed E-state index contributed by atoms with van der Waals surface area (Å²) < 4.78 is 5.24. The molecule has 1 heterocycles. The summed E-state index contributed by atoms with van der Waals surface area (Å²) >= 11 is 0. The molecule has 0 fully saturated rings. The second-order valence-corrected chi connectivity index (χ2v) is 7.54. The third kappa shape index (κ3) is 3.06. The van der Waals surface area contributed by atoms with E-state index in [9.17, 15) is 4.79 Å². The first-order valence-corrected chi connectivity index (χ1v) is 9.51. The Morgan fingerprint density at radius 1 is 1.12 bits per heavy atom. The van der Waals surface area contributed by atoms with Crippen LogP contribution in [-0.4, -0.2) is 22.0 Å². The van der Waals surface area contributed by atoms with Gasteiger partial charge in [-0.1, -0.05) is 6.07 Å². The zero-order valence-electron chi connectivity index (χ0n) is 15.7. The van der Waals surface area contributed by atoms with Gasteiger partial charge in [0.2, 0.25) is 5.82 Å². The van der Waals surface area contributed by atoms with E-state index in [1.807, 2.05) is 20.8 Å². The van der Waals surface area contributed by atoms with Crippen molar-refractivity contribution >= 4 is 17.5 Å². The van der Waals surface area contributed by atoms with Crippen molar-refractivity contribution in [1.82, 2.24) is 9.97 Å². The number of carbonyl (C=O) groups excluding carboxylic acids is 1. The molecule has 26 heavy (non-hydrogen) atoms. The molecule has 0 bridgehead atoms. The zero-order chi connectivity index (χ0) is 18.3. The average Bonchev–Trinajstić information content (AvgIpc) is 3.24. The predicted octanol–water partition coefficient (Wildman–Crippen LogP) is 4.07. The summed E-state index contributed by atoms with van der Waals surface area (Å²) in [7, 11) is 0. The van der Waals surface area contributed by atoms with Crippen LogP contribution in [0, 0.1) is 6.92 Å². The molecule has 2 aliphatic carbocycles. The number of ether oxygens (including phenoxy) is 1. The molecule has 0 spiro atoms. The van der Waals surface area contributed by atoms with Gasteiger partial charge in [-0.3, -0.25) is 0 Å². The Morgan fingerprint density at radius 2 is 1.77 bits per heavy atom. The maximum atomic E-state index is 12.2. The number of hydrogen-bond donors (Lipinski definition) is 1. The van der Waals surface area contributed by atoms with Gasteiger partial charge in [-0.25, -0.2) is 14.8 Å². The number of esters is 1. The quantitative estimate of drug-likeness (QED) is 0.841. The normalized spacial score (nSPS) is 15.1. The second kappa shape index (κ2) is 6.71. The molecule has 5 heteroatoms. The Hall–Kier alpha value is -2.43. The molecule has 1 aromatic carbocycles. The molecule has 2 aliphatic rings. The van der Waals surface area contributed by atoms with Crippen molar-refractivity contribution in [1.29, 1.82) is 0 Å². The minimum absolute atomic E-state index is 0.107. The molecule has 0 atom stereocenters. The highest BCUT2D eigenvalue weighted by Crippen LogP contribution is 2.40. The van der Waals surface area contributed by atoms with Crippen LogP contribution in [0.25, 0.3) is 0 Å². The average molecular weight is 351 g/mol. The number of fused-ring (bicyclic) bond motifs is 2. The molecular weight excluding hydrogens is 326 g/mol. The highest BCUT2D eigenvalue weighted by atomic mass is 16.5. The van der Waals surface area contributed by atoms with Crippen LogP contribution in [0.4, 0.5) is 11.5 Å². The summed E-state index contributed by atoms with van der Waals surface area (Å²) in [6.07, 6.45) is 8.45. The van der Waals surface area contributed by atoms with E-state index in [2.05, 4.69) is 21.4 Å². The Labute approximate surface area is 154 Å². The lowest BCUT2D eigenvalue weighted by molar-refractivity contribution is 0.0363. The third-order valence-corrected chi connectivity index (χ3v) is 5.21. The number of anilines is 2. The van der Waals surface area contributed by atoms with Crippen molar-refractivity contribution in [2.24, 2.45) is 0 Å². The Balaban J connectivity index is 1.71. The van der Waals surface area contributed by atoms with Crippen molar-refractivity contribution < 1.29 is 9.53 Å². The van der Waals surface area contributed by atoms with Crippen molar-refractivity contribution in [2.45, 2.75) is 65.4 Å². The molecular formula is C21H25N3O2. The van der Waals surface area contributed by atoms with Gasteiger partial charge in [-0.15, -0.1) is 0 Å². The summed E-state index contributed by atoms with van der Waals surface area (Å²) in [4.78, 5) is 20.8. The van der Waals surface area contributed by atoms with Crippen LogP contribution >= 0.6 is 0 Å². The lowest BCUT2D eigenvalue weighted by Crippen LogP contribution is -2.16. The van der Waals surface area contributed by atoms with Gasteiger partial charge in [-0.05, 0) is 81.5 Å². The SMILES string of the molecule is Cc1cnc(C(=O)OC(C)C)nc1Nc1c2c(cc3c1CCC3)CCC2. The minimum atomic E-state index is -0.480. The lowest BCUT2D eigenvalue weighted by atomic mass is 9.98. The number of carbonyl (C=O) groups is 1. The summed E-state index contributed by atoms with van der Waals surface area (Å²) in [5.74, 6) is 0.327. The minimum Gasteiger partial charge on any atom is -0.457 e. The Kier molecular flexibility index (Phi) is 4.39.